The Labute approximate surface area is 163 Å². The highest BCUT2D eigenvalue weighted by molar-refractivity contribution is 7.97. The van der Waals surface area contributed by atoms with Crippen LogP contribution in [-0.2, 0) is 18.9 Å². The van der Waals surface area contributed by atoms with E-state index in [1.165, 1.54) is 18.0 Å². The first kappa shape index (κ1) is 20.5. The van der Waals surface area contributed by atoms with E-state index in [0.717, 1.165) is 0 Å². The lowest BCUT2D eigenvalue weighted by molar-refractivity contribution is -0.387. The fraction of sp³-hybridized carbons (Fsp3) is 0.667. The maximum absolute atomic E-state index is 11.2. The summed E-state index contributed by atoms with van der Waals surface area (Å²) in [5, 5.41) is 11.2. The molecule has 2 fully saturated rings. The minimum Gasteiger partial charge on any atom is -0.348 e. The van der Waals surface area contributed by atoms with E-state index in [1.807, 2.05) is 39.0 Å². The zero-order valence-electron chi connectivity index (χ0n) is 16.2. The standard InChI is InChI=1S/C18H26N2O6S/c1-17(2)23-11-14(25-17)16-13(24-18(3,4)26-16)10-19(5)27-15-9-7-6-8-12(15)20(21)22/h6-9,13-14,16H,10-11H2,1-5H3. The van der Waals surface area contributed by atoms with E-state index < -0.39 is 11.6 Å². The molecule has 1 aromatic rings. The molecule has 2 aliphatic heterocycles. The predicted octanol–water partition coefficient (Wildman–Crippen LogP) is 3.21. The van der Waals surface area contributed by atoms with Crippen molar-refractivity contribution in [2.75, 3.05) is 20.2 Å². The largest absolute Gasteiger partial charge is 0.348 e. The van der Waals surface area contributed by atoms with Crippen molar-refractivity contribution in [2.45, 2.75) is 62.5 Å². The summed E-state index contributed by atoms with van der Waals surface area (Å²) in [6.07, 6.45) is -0.755. The number of nitrogens with zero attached hydrogens (tertiary/aromatic N) is 2. The summed E-state index contributed by atoms with van der Waals surface area (Å²) in [6.45, 7) is 8.45. The first-order valence-corrected chi connectivity index (χ1v) is 9.64. The third kappa shape index (κ3) is 4.98. The van der Waals surface area contributed by atoms with Gasteiger partial charge in [0.25, 0.3) is 5.69 Å². The second-order valence-electron chi connectivity index (χ2n) is 7.63. The minimum absolute atomic E-state index is 0.0871. The van der Waals surface area contributed by atoms with Crippen molar-refractivity contribution in [2.24, 2.45) is 0 Å². The summed E-state index contributed by atoms with van der Waals surface area (Å²) in [5.41, 5.74) is 0.0871. The Balaban J connectivity index is 1.68. The van der Waals surface area contributed by atoms with Crippen molar-refractivity contribution in [3.05, 3.63) is 34.4 Å². The quantitative estimate of drug-likeness (QED) is 0.410. The Morgan fingerprint density at radius 3 is 2.52 bits per heavy atom. The number of nitro groups is 1. The topological polar surface area (TPSA) is 83.3 Å². The van der Waals surface area contributed by atoms with Gasteiger partial charge >= 0.3 is 0 Å². The van der Waals surface area contributed by atoms with Gasteiger partial charge in [-0.25, -0.2) is 4.31 Å². The fourth-order valence-electron chi connectivity index (χ4n) is 3.34. The summed E-state index contributed by atoms with van der Waals surface area (Å²) in [5.74, 6) is -1.37. The lowest BCUT2D eigenvalue weighted by atomic mass is 10.1. The maximum atomic E-state index is 11.2. The highest BCUT2D eigenvalue weighted by Crippen LogP contribution is 2.37. The van der Waals surface area contributed by atoms with Gasteiger partial charge in [0.05, 0.1) is 11.5 Å². The number of rotatable bonds is 6. The smallest absolute Gasteiger partial charge is 0.284 e. The van der Waals surface area contributed by atoms with Crippen molar-refractivity contribution in [1.29, 1.82) is 0 Å². The number of para-hydroxylation sites is 1. The zero-order valence-corrected chi connectivity index (χ0v) is 17.0. The number of hydrogen-bond acceptors (Lipinski definition) is 8. The molecule has 0 saturated carbocycles. The number of nitro benzene ring substituents is 1. The highest BCUT2D eigenvalue weighted by atomic mass is 32.2. The van der Waals surface area contributed by atoms with E-state index in [4.69, 9.17) is 18.9 Å². The van der Waals surface area contributed by atoms with E-state index in [9.17, 15) is 10.1 Å². The molecule has 27 heavy (non-hydrogen) atoms. The van der Waals surface area contributed by atoms with Crippen LogP contribution in [0.3, 0.4) is 0 Å². The predicted molar refractivity (Wildman–Crippen MR) is 100 cm³/mol. The third-order valence-corrected chi connectivity index (χ3v) is 5.37. The molecule has 2 aliphatic rings. The van der Waals surface area contributed by atoms with E-state index in [-0.39, 0.29) is 28.9 Å². The van der Waals surface area contributed by atoms with Gasteiger partial charge < -0.3 is 18.9 Å². The van der Waals surface area contributed by atoms with Crippen molar-refractivity contribution < 1.29 is 23.9 Å². The van der Waals surface area contributed by atoms with Crippen LogP contribution in [0.2, 0.25) is 0 Å². The highest BCUT2D eigenvalue weighted by Gasteiger charge is 2.49. The number of benzene rings is 1. The molecule has 150 valence electrons. The molecule has 8 nitrogen and oxygen atoms in total. The summed E-state index contributed by atoms with van der Waals surface area (Å²) in [7, 11) is 1.88. The van der Waals surface area contributed by atoms with Crippen LogP contribution in [0.15, 0.2) is 29.2 Å². The van der Waals surface area contributed by atoms with Gasteiger partial charge in [0.1, 0.15) is 23.2 Å². The van der Waals surface area contributed by atoms with E-state index in [2.05, 4.69) is 0 Å². The average Bonchev–Trinajstić information content (AvgIpc) is 3.06. The Bertz CT molecular complexity index is 698. The van der Waals surface area contributed by atoms with Gasteiger partial charge in [-0.3, -0.25) is 10.1 Å². The van der Waals surface area contributed by atoms with Gasteiger partial charge in [0.15, 0.2) is 11.6 Å². The molecule has 3 rings (SSSR count). The van der Waals surface area contributed by atoms with Crippen molar-refractivity contribution in [3.63, 3.8) is 0 Å². The van der Waals surface area contributed by atoms with Gasteiger partial charge in [-0.15, -0.1) is 0 Å². The van der Waals surface area contributed by atoms with Gasteiger partial charge in [-0.1, -0.05) is 12.1 Å². The molecule has 2 saturated heterocycles. The average molecular weight is 398 g/mol. The zero-order chi connectivity index (χ0) is 19.8. The molecule has 1 aromatic carbocycles. The molecular formula is C18H26N2O6S. The Hall–Kier alpha value is -1.23. The third-order valence-electron chi connectivity index (χ3n) is 4.37. The van der Waals surface area contributed by atoms with Crippen molar-refractivity contribution >= 4 is 17.6 Å². The fourth-order valence-corrected chi connectivity index (χ4v) is 4.27. The molecule has 0 bridgehead atoms. The molecule has 9 heteroatoms. The van der Waals surface area contributed by atoms with Crippen LogP contribution in [0.5, 0.6) is 0 Å². The normalized spacial score (nSPS) is 29.3. The molecule has 0 aromatic heterocycles. The second-order valence-corrected chi connectivity index (χ2v) is 8.88. The van der Waals surface area contributed by atoms with Crippen molar-refractivity contribution in [1.82, 2.24) is 4.31 Å². The van der Waals surface area contributed by atoms with Crippen LogP contribution in [-0.4, -0.2) is 59.3 Å². The second kappa shape index (κ2) is 7.65. The van der Waals surface area contributed by atoms with Crippen LogP contribution < -0.4 is 0 Å². The summed E-state index contributed by atoms with van der Waals surface area (Å²) >= 11 is 1.31. The molecule has 3 atom stereocenters. The summed E-state index contributed by atoms with van der Waals surface area (Å²) in [6, 6.07) is 6.69. The molecule has 0 aliphatic carbocycles. The molecule has 0 spiro atoms. The van der Waals surface area contributed by atoms with Gasteiger partial charge in [-0.05, 0) is 52.8 Å². The Kier molecular flexibility index (Phi) is 5.81. The van der Waals surface area contributed by atoms with E-state index in [1.54, 1.807) is 18.2 Å². The summed E-state index contributed by atoms with van der Waals surface area (Å²) in [4.78, 5) is 11.4. The number of ether oxygens (including phenoxy) is 4. The van der Waals surface area contributed by atoms with E-state index in [0.29, 0.717) is 18.0 Å². The molecule has 2 heterocycles. The van der Waals surface area contributed by atoms with Crippen LogP contribution >= 0.6 is 11.9 Å². The molecule has 0 N–H and O–H groups in total. The van der Waals surface area contributed by atoms with Crippen LogP contribution in [0.25, 0.3) is 0 Å². The van der Waals surface area contributed by atoms with Crippen LogP contribution in [0.1, 0.15) is 27.7 Å². The van der Waals surface area contributed by atoms with Crippen LogP contribution in [0, 0.1) is 10.1 Å². The summed E-state index contributed by atoms with van der Waals surface area (Å²) < 4.78 is 25.7. The SMILES string of the molecule is CN(CC1OC(C)(C)OC1C1COC(C)(C)O1)Sc1ccccc1[N+](=O)[O-]. The number of hydrogen-bond donors (Lipinski definition) is 0. The lowest BCUT2D eigenvalue weighted by Crippen LogP contribution is -2.42. The monoisotopic (exact) mass is 398 g/mol. The molecule has 0 amide bonds. The minimum atomic E-state index is -0.727. The Morgan fingerprint density at radius 1 is 1.19 bits per heavy atom. The van der Waals surface area contributed by atoms with Gasteiger partial charge in [0.2, 0.25) is 0 Å². The molecule has 0 radical (unpaired) electrons. The Morgan fingerprint density at radius 2 is 1.89 bits per heavy atom. The number of likely N-dealkylation sites (N-methyl/N-ethyl adjacent to an activating group) is 1. The first-order valence-electron chi connectivity index (χ1n) is 8.86. The molecule has 3 unspecified atom stereocenters. The van der Waals surface area contributed by atoms with Gasteiger partial charge in [0, 0.05) is 12.6 Å². The van der Waals surface area contributed by atoms with E-state index >= 15 is 0 Å². The van der Waals surface area contributed by atoms with Crippen molar-refractivity contribution in [3.8, 4) is 0 Å². The molecular weight excluding hydrogens is 372 g/mol. The lowest BCUT2D eigenvalue weighted by Gasteiger charge is -2.26. The van der Waals surface area contributed by atoms with Crippen LogP contribution in [0.4, 0.5) is 5.69 Å². The first-order chi connectivity index (χ1) is 12.6. The van der Waals surface area contributed by atoms with Gasteiger partial charge in [-0.2, -0.15) is 0 Å². The maximum Gasteiger partial charge on any atom is 0.284 e.